The van der Waals surface area contributed by atoms with E-state index in [1.54, 1.807) is 42.6 Å². The van der Waals surface area contributed by atoms with E-state index in [0.29, 0.717) is 12.1 Å². The molecule has 2 N–H and O–H groups in total. The van der Waals surface area contributed by atoms with Gasteiger partial charge in [0.25, 0.3) is 5.91 Å². The minimum Gasteiger partial charge on any atom is -0.348 e. The minimum absolute atomic E-state index is 0.192. The Hall–Kier alpha value is -3.03. The van der Waals surface area contributed by atoms with Crippen LogP contribution in [0.1, 0.15) is 27.0 Å². The van der Waals surface area contributed by atoms with Gasteiger partial charge in [-0.05, 0) is 42.3 Å². The van der Waals surface area contributed by atoms with Crippen molar-refractivity contribution < 1.29 is 13.2 Å². The zero-order valence-electron chi connectivity index (χ0n) is 15.4. The Bertz CT molecular complexity index is 1030. The van der Waals surface area contributed by atoms with E-state index in [9.17, 15) is 13.2 Å². The normalized spacial score (nSPS) is 11.2. The van der Waals surface area contributed by atoms with Gasteiger partial charge in [-0.25, -0.2) is 13.1 Å². The van der Waals surface area contributed by atoms with Gasteiger partial charge in [-0.1, -0.05) is 42.0 Å². The Balaban J connectivity index is 1.54. The molecule has 0 unspecified atom stereocenters. The molecular formula is C21H21N3O3S. The first-order chi connectivity index (χ1) is 13.4. The second-order valence-electron chi connectivity index (χ2n) is 6.38. The fourth-order valence-corrected chi connectivity index (χ4v) is 3.55. The monoisotopic (exact) mass is 395 g/mol. The molecule has 1 heterocycles. The van der Waals surface area contributed by atoms with Crippen molar-refractivity contribution in [3.63, 3.8) is 0 Å². The highest BCUT2D eigenvalue weighted by Gasteiger charge is 2.13. The molecule has 3 aromatic rings. The molecule has 0 bridgehead atoms. The predicted octanol–water partition coefficient (Wildman–Crippen LogP) is 2.80. The molecule has 2 aromatic carbocycles. The van der Waals surface area contributed by atoms with Crippen LogP contribution in [0.4, 0.5) is 0 Å². The minimum atomic E-state index is -3.55. The van der Waals surface area contributed by atoms with Gasteiger partial charge in [0.2, 0.25) is 10.0 Å². The van der Waals surface area contributed by atoms with Gasteiger partial charge in [0.05, 0.1) is 10.5 Å². The van der Waals surface area contributed by atoms with Gasteiger partial charge in [-0.2, -0.15) is 0 Å². The number of carbonyl (C=O) groups excluding carboxylic acids is 1. The van der Waals surface area contributed by atoms with Crippen molar-refractivity contribution in [3.05, 3.63) is 95.3 Å². The summed E-state index contributed by atoms with van der Waals surface area (Å²) >= 11 is 0. The summed E-state index contributed by atoms with van der Waals surface area (Å²) in [5.74, 6) is -0.192. The third kappa shape index (κ3) is 5.25. The third-order valence-electron chi connectivity index (χ3n) is 4.20. The lowest BCUT2D eigenvalue weighted by Crippen LogP contribution is -2.23. The number of nitrogens with zero attached hydrogens (tertiary/aromatic N) is 1. The summed E-state index contributed by atoms with van der Waals surface area (Å²) in [5.41, 5.74) is 3.26. The van der Waals surface area contributed by atoms with Crippen LogP contribution in [0.15, 0.2) is 78.0 Å². The molecular weight excluding hydrogens is 374 g/mol. The van der Waals surface area contributed by atoms with Crippen molar-refractivity contribution in [1.82, 2.24) is 15.0 Å². The van der Waals surface area contributed by atoms with Crippen molar-refractivity contribution >= 4 is 15.9 Å². The first-order valence-corrected chi connectivity index (χ1v) is 10.2. The Labute approximate surface area is 164 Å². The Morgan fingerprint density at radius 1 is 0.929 bits per heavy atom. The van der Waals surface area contributed by atoms with Gasteiger partial charge >= 0.3 is 0 Å². The SMILES string of the molecule is Cc1ccc(S(=O)(=O)NCc2ccc(CNC(=O)c3cccnc3)cc2)cc1. The first-order valence-electron chi connectivity index (χ1n) is 8.76. The fourth-order valence-electron chi connectivity index (χ4n) is 2.54. The smallest absolute Gasteiger partial charge is 0.253 e. The third-order valence-corrected chi connectivity index (χ3v) is 5.61. The average Bonchev–Trinajstić information content (AvgIpc) is 2.72. The number of hydrogen-bond donors (Lipinski definition) is 2. The standard InChI is InChI=1S/C21H21N3O3S/c1-16-4-10-20(11-5-16)28(26,27)24-14-18-8-6-17(7-9-18)13-23-21(25)19-3-2-12-22-15-19/h2-12,15,24H,13-14H2,1H3,(H,23,25). The quantitative estimate of drug-likeness (QED) is 0.644. The lowest BCUT2D eigenvalue weighted by atomic mass is 10.1. The Kier molecular flexibility index (Phi) is 6.18. The zero-order valence-corrected chi connectivity index (χ0v) is 16.2. The fraction of sp³-hybridized carbons (Fsp3) is 0.143. The van der Waals surface area contributed by atoms with Gasteiger partial charge in [0.15, 0.2) is 0 Å². The highest BCUT2D eigenvalue weighted by molar-refractivity contribution is 7.89. The molecule has 144 valence electrons. The highest BCUT2D eigenvalue weighted by atomic mass is 32.2. The number of aromatic nitrogens is 1. The maximum absolute atomic E-state index is 12.3. The molecule has 0 atom stereocenters. The number of pyridine rings is 1. The second kappa shape index (κ2) is 8.77. The Morgan fingerprint density at radius 2 is 1.57 bits per heavy atom. The molecule has 0 saturated carbocycles. The van der Waals surface area contributed by atoms with Crippen LogP contribution >= 0.6 is 0 Å². The molecule has 7 heteroatoms. The summed E-state index contributed by atoms with van der Waals surface area (Å²) in [6, 6.07) is 17.5. The largest absolute Gasteiger partial charge is 0.348 e. The molecule has 0 aliphatic heterocycles. The molecule has 1 aromatic heterocycles. The number of nitrogens with one attached hydrogen (secondary N) is 2. The summed E-state index contributed by atoms with van der Waals surface area (Å²) in [7, 11) is -3.55. The van der Waals surface area contributed by atoms with Crippen LogP contribution in [0.25, 0.3) is 0 Å². The number of sulfonamides is 1. The van der Waals surface area contributed by atoms with E-state index < -0.39 is 10.0 Å². The summed E-state index contributed by atoms with van der Waals surface area (Å²) in [4.78, 5) is 16.2. The van der Waals surface area contributed by atoms with Gasteiger partial charge in [0.1, 0.15) is 0 Å². The average molecular weight is 395 g/mol. The molecule has 0 saturated heterocycles. The topological polar surface area (TPSA) is 88.2 Å². The number of amides is 1. The molecule has 0 fully saturated rings. The van der Waals surface area contributed by atoms with Crippen molar-refractivity contribution in [2.45, 2.75) is 24.9 Å². The summed E-state index contributed by atoms with van der Waals surface area (Å²) in [6.07, 6.45) is 3.13. The molecule has 3 rings (SSSR count). The van der Waals surface area contributed by atoms with Gasteiger partial charge in [-0.3, -0.25) is 9.78 Å². The molecule has 0 spiro atoms. The van der Waals surface area contributed by atoms with Crippen LogP contribution in [0.3, 0.4) is 0 Å². The summed E-state index contributed by atoms with van der Waals surface area (Å²) in [5, 5.41) is 2.83. The van der Waals surface area contributed by atoms with Crippen molar-refractivity contribution in [2.24, 2.45) is 0 Å². The van der Waals surface area contributed by atoms with Crippen molar-refractivity contribution in [3.8, 4) is 0 Å². The van der Waals surface area contributed by atoms with Crippen molar-refractivity contribution in [2.75, 3.05) is 0 Å². The Morgan fingerprint density at radius 3 is 2.18 bits per heavy atom. The molecule has 0 aliphatic rings. The highest BCUT2D eigenvalue weighted by Crippen LogP contribution is 2.11. The van der Waals surface area contributed by atoms with E-state index >= 15 is 0 Å². The van der Waals surface area contributed by atoms with Crippen LogP contribution in [0, 0.1) is 6.92 Å². The van der Waals surface area contributed by atoms with Crippen LogP contribution < -0.4 is 10.0 Å². The zero-order chi connectivity index (χ0) is 20.0. The summed E-state index contributed by atoms with van der Waals surface area (Å²) < 4.78 is 27.3. The first kappa shape index (κ1) is 19.7. The van der Waals surface area contributed by atoms with E-state index in [1.165, 1.54) is 6.20 Å². The lowest BCUT2D eigenvalue weighted by Gasteiger charge is -2.09. The molecule has 28 heavy (non-hydrogen) atoms. The number of aryl methyl sites for hydroxylation is 1. The summed E-state index contributed by atoms with van der Waals surface area (Å²) in [6.45, 7) is 2.48. The van der Waals surface area contributed by atoms with E-state index in [2.05, 4.69) is 15.0 Å². The van der Waals surface area contributed by atoms with Gasteiger partial charge in [0, 0.05) is 25.5 Å². The number of hydrogen-bond acceptors (Lipinski definition) is 4. The van der Waals surface area contributed by atoms with Crippen LogP contribution in [0.5, 0.6) is 0 Å². The second-order valence-corrected chi connectivity index (χ2v) is 8.15. The number of carbonyl (C=O) groups is 1. The van der Waals surface area contributed by atoms with Crippen LogP contribution in [-0.4, -0.2) is 19.3 Å². The lowest BCUT2D eigenvalue weighted by molar-refractivity contribution is 0.0950. The van der Waals surface area contributed by atoms with Gasteiger partial charge in [-0.15, -0.1) is 0 Å². The maximum atomic E-state index is 12.3. The van der Waals surface area contributed by atoms with E-state index in [1.807, 2.05) is 31.2 Å². The van der Waals surface area contributed by atoms with E-state index in [-0.39, 0.29) is 17.3 Å². The molecule has 6 nitrogen and oxygen atoms in total. The molecule has 0 radical (unpaired) electrons. The van der Waals surface area contributed by atoms with Crippen molar-refractivity contribution in [1.29, 1.82) is 0 Å². The maximum Gasteiger partial charge on any atom is 0.253 e. The van der Waals surface area contributed by atoms with Crippen LogP contribution in [0.2, 0.25) is 0 Å². The van der Waals surface area contributed by atoms with E-state index in [0.717, 1.165) is 16.7 Å². The van der Waals surface area contributed by atoms with Gasteiger partial charge < -0.3 is 5.32 Å². The molecule has 1 amide bonds. The number of benzene rings is 2. The molecule has 0 aliphatic carbocycles. The van der Waals surface area contributed by atoms with Crippen LogP contribution in [-0.2, 0) is 23.1 Å². The van der Waals surface area contributed by atoms with E-state index in [4.69, 9.17) is 0 Å². The number of rotatable bonds is 7. The predicted molar refractivity (Wildman–Crippen MR) is 107 cm³/mol.